The summed E-state index contributed by atoms with van der Waals surface area (Å²) in [5.41, 5.74) is 1.12. The quantitative estimate of drug-likeness (QED) is 0.562. The van der Waals surface area contributed by atoms with Crippen molar-refractivity contribution in [1.29, 1.82) is 0 Å². The van der Waals surface area contributed by atoms with E-state index in [1.54, 1.807) is 0 Å². The number of hydrogen-bond donors (Lipinski definition) is 1. The Morgan fingerprint density at radius 3 is 2.65 bits per heavy atom. The third-order valence-electron chi connectivity index (χ3n) is 4.81. The second-order valence-corrected chi connectivity index (χ2v) is 6.99. The van der Waals surface area contributed by atoms with E-state index < -0.39 is 5.97 Å². The molecule has 1 N–H and O–H groups in total. The summed E-state index contributed by atoms with van der Waals surface area (Å²) in [5, 5.41) is 8.83. The first-order chi connectivity index (χ1) is 12.7. The summed E-state index contributed by atoms with van der Waals surface area (Å²) in [6.45, 7) is 5.76. The van der Waals surface area contributed by atoms with Gasteiger partial charge in [-0.05, 0) is 24.1 Å². The Balaban J connectivity index is 1.70. The average molecular weight is 363 g/mol. The monoisotopic (exact) mass is 363 g/mol. The molecule has 1 aromatic rings. The van der Waals surface area contributed by atoms with Crippen molar-refractivity contribution in [3.05, 3.63) is 29.8 Å². The maximum absolute atomic E-state index is 10.7. The number of benzene rings is 1. The second kappa shape index (κ2) is 11.9. The third kappa shape index (κ3) is 7.75. The maximum Gasteiger partial charge on any atom is 0.304 e. The van der Waals surface area contributed by atoms with Gasteiger partial charge in [-0.25, -0.2) is 0 Å². The van der Waals surface area contributed by atoms with Crippen molar-refractivity contribution >= 4 is 5.97 Å². The topological polar surface area (TPSA) is 59.0 Å². The summed E-state index contributed by atoms with van der Waals surface area (Å²) in [6, 6.07) is 8.13. The number of rotatable bonds is 12. The number of hydrogen-bond acceptors (Lipinski definition) is 4. The largest absolute Gasteiger partial charge is 0.494 e. The van der Waals surface area contributed by atoms with Gasteiger partial charge in [0.15, 0.2) is 0 Å². The Kier molecular flexibility index (Phi) is 9.50. The summed E-state index contributed by atoms with van der Waals surface area (Å²) < 4.78 is 11.7. The minimum atomic E-state index is -0.750. The van der Waals surface area contributed by atoms with Crippen LogP contribution in [0.1, 0.15) is 63.5 Å². The Labute approximate surface area is 157 Å². The maximum atomic E-state index is 10.7. The molecule has 0 radical (unpaired) electrons. The molecule has 1 aliphatic rings. The fourth-order valence-corrected chi connectivity index (χ4v) is 3.21. The lowest BCUT2D eigenvalue weighted by molar-refractivity contribution is -0.137. The Morgan fingerprint density at radius 1 is 1.19 bits per heavy atom. The Morgan fingerprint density at radius 2 is 1.92 bits per heavy atom. The van der Waals surface area contributed by atoms with Crippen LogP contribution >= 0.6 is 0 Å². The molecule has 5 nitrogen and oxygen atoms in total. The standard InChI is InChI=1S/C21H33NO4/c1-2-3-4-5-6-7-15-25-19-10-8-18(9-11-19)20-17-22(14-16-26-20)13-12-21(23)24/h8-11,20H,2-7,12-17H2,1H3,(H,23,24). The van der Waals surface area contributed by atoms with Crippen LogP contribution < -0.4 is 4.74 Å². The molecule has 0 spiro atoms. The number of nitrogens with zero attached hydrogens (tertiary/aromatic N) is 1. The minimum Gasteiger partial charge on any atom is -0.494 e. The first-order valence-corrected chi connectivity index (χ1v) is 9.97. The molecular weight excluding hydrogens is 330 g/mol. The van der Waals surface area contributed by atoms with Crippen LogP contribution in [-0.2, 0) is 9.53 Å². The van der Waals surface area contributed by atoms with Crippen molar-refractivity contribution in [3.8, 4) is 5.75 Å². The third-order valence-corrected chi connectivity index (χ3v) is 4.81. The van der Waals surface area contributed by atoms with Gasteiger partial charge in [-0.2, -0.15) is 0 Å². The van der Waals surface area contributed by atoms with E-state index in [2.05, 4.69) is 24.0 Å². The number of aliphatic carboxylic acids is 1. The molecule has 1 fully saturated rings. The van der Waals surface area contributed by atoms with Crippen LogP contribution in [0.5, 0.6) is 5.75 Å². The van der Waals surface area contributed by atoms with E-state index in [1.807, 2.05) is 12.1 Å². The van der Waals surface area contributed by atoms with Gasteiger partial charge in [-0.1, -0.05) is 51.2 Å². The van der Waals surface area contributed by atoms with E-state index in [-0.39, 0.29) is 12.5 Å². The highest BCUT2D eigenvalue weighted by Crippen LogP contribution is 2.24. The lowest BCUT2D eigenvalue weighted by Crippen LogP contribution is -2.39. The van der Waals surface area contributed by atoms with Gasteiger partial charge in [0.25, 0.3) is 0 Å². The fourth-order valence-electron chi connectivity index (χ4n) is 3.21. The molecule has 1 aromatic carbocycles. The molecule has 2 rings (SSSR count). The van der Waals surface area contributed by atoms with Crippen LogP contribution in [-0.4, -0.2) is 48.8 Å². The number of ether oxygens (including phenoxy) is 2. The normalized spacial score (nSPS) is 18.0. The minimum absolute atomic E-state index is 0.00478. The van der Waals surface area contributed by atoms with Crippen LogP contribution in [0.3, 0.4) is 0 Å². The lowest BCUT2D eigenvalue weighted by atomic mass is 10.1. The number of morpholine rings is 1. The van der Waals surface area contributed by atoms with Crippen LogP contribution in [0.4, 0.5) is 0 Å². The van der Waals surface area contributed by atoms with E-state index in [0.29, 0.717) is 13.2 Å². The van der Waals surface area contributed by atoms with Crippen LogP contribution in [0.2, 0.25) is 0 Å². The van der Waals surface area contributed by atoms with Crippen molar-refractivity contribution in [2.24, 2.45) is 0 Å². The first kappa shape index (κ1) is 20.7. The van der Waals surface area contributed by atoms with E-state index in [9.17, 15) is 4.79 Å². The SMILES string of the molecule is CCCCCCCCOc1ccc(C2CN(CCC(=O)O)CCO2)cc1. The van der Waals surface area contributed by atoms with Gasteiger partial charge in [-0.3, -0.25) is 9.69 Å². The molecule has 0 aromatic heterocycles. The molecule has 0 bridgehead atoms. The number of carboxylic acid groups (broad SMARTS) is 1. The zero-order valence-electron chi connectivity index (χ0n) is 16.0. The fraction of sp³-hybridized carbons (Fsp3) is 0.667. The summed E-state index contributed by atoms with van der Waals surface area (Å²) in [4.78, 5) is 12.9. The summed E-state index contributed by atoms with van der Waals surface area (Å²) in [5.74, 6) is 0.153. The molecule has 1 saturated heterocycles. The van der Waals surface area contributed by atoms with Crippen molar-refractivity contribution in [2.45, 2.75) is 58.0 Å². The van der Waals surface area contributed by atoms with E-state index in [1.165, 1.54) is 32.1 Å². The molecule has 5 heteroatoms. The number of carboxylic acids is 1. The molecule has 26 heavy (non-hydrogen) atoms. The Bertz CT molecular complexity index is 517. The van der Waals surface area contributed by atoms with E-state index >= 15 is 0 Å². The second-order valence-electron chi connectivity index (χ2n) is 6.99. The van der Waals surface area contributed by atoms with Crippen molar-refractivity contribution in [2.75, 3.05) is 32.8 Å². The zero-order chi connectivity index (χ0) is 18.6. The van der Waals surface area contributed by atoms with E-state index in [4.69, 9.17) is 14.6 Å². The molecule has 0 aliphatic carbocycles. The molecule has 1 aliphatic heterocycles. The molecule has 1 atom stereocenters. The predicted molar refractivity (Wildman–Crippen MR) is 103 cm³/mol. The van der Waals surface area contributed by atoms with Gasteiger partial charge < -0.3 is 14.6 Å². The van der Waals surface area contributed by atoms with Gasteiger partial charge in [0.2, 0.25) is 0 Å². The average Bonchev–Trinajstić information content (AvgIpc) is 2.66. The molecule has 0 amide bonds. The van der Waals surface area contributed by atoms with Gasteiger partial charge in [-0.15, -0.1) is 0 Å². The molecule has 146 valence electrons. The van der Waals surface area contributed by atoms with Gasteiger partial charge in [0.1, 0.15) is 5.75 Å². The van der Waals surface area contributed by atoms with Gasteiger partial charge >= 0.3 is 5.97 Å². The smallest absolute Gasteiger partial charge is 0.304 e. The number of carbonyl (C=O) groups is 1. The van der Waals surface area contributed by atoms with Crippen LogP contribution in [0.25, 0.3) is 0 Å². The van der Waals surface area contributed by atoms with Crippen molar-refractivity contribution < 1.29 is 19.4 Å². The summed E-state index contributed by atoms with van der Waals surface area (Å²) >= 11 is 0. The van der Waals surface area contributed by atoms with Gasteiger partial charge in [0.05, 0.1) is 25.7 Å². The van der Waals surface area contributed by atoms with Crippen LogP contribution in [0, 0.1) is 0 Å². The molecule has 1 unspecified atom stereocenters. The first-order valence-electron chi connectivity index (χ1n) is 9.97. The lowest BCUT2D eigenvalue weighted by Gasteiger charge is -2.32. The summed E-state index contributed by atoms with van der Waals surface area (Å²) in [7, 11) is 0. The van der Waals surface area contributed by atoms with Crippen LogP contribution in [0.15, 0.2) is 24.3 Å². The van der Waals surface area contributed by atoms with Crippen molar-refractivity contribution in [1.82, 2.24) is 4.90 Å². The van der Waals surface area contributed by atoms with Gasteiger partial charge in [0, 0.05) is 19.6 Å². The highest BCUT2D eigenvalue weighted by molar-refractivity contribution is 5.66. The molecule has 0 saturated carbocycles. The summed E-state index contributed by atoms with van der Waals surface area (Å²) in [6.07, 6.45) is 7.77. The highest BCUT2D eigenvalue weighted by atomic mass is 16.5. The van der Waals surface area contributed by atoms with Crippen molar-refractivity contribution in [3.63, 3.8) is 0 Å². The van der Waals surface area contributed by atoms with E-state index in [0.717, 1.165) is 37.4 Å². The predicted octanol–water partition coefficient (Wildman–Crippen LogP) is 4.27. The molecule has 1 heterocycles. The highest BCUT2D eigenvalue weighted by Gasteiger charge is 2.22. The zero-order valence-corrected chi connectivity index (χ0v) is 16.0. The molecular formula is C21H33NO4. The number of unbranched alkanes of at least 4 members (excludes halogenated alkanes) is 5. The Hall–Kier alpha value is -1.59.